The molecule has 156 valence electrons. The zero-order valence-electron chi connectivity index (χ0n) is 18.6. The Morgan fingerprint density at radius 2 is 1.62 bits per heavy atom. The second-order valence-corrected chi connectivity index (χ2v) is 9.66. The van der Waals surface area contributed by atoms with Gasteiger partial charge in [0.15, 0.2) is 6.20 Å². The number of furan rings is 1. The number of benzene rings is 3. The molecule has 5 aromatic rings. The van der Waals surface area contributed by atoms with Gasteiger partial charge < -0.3 is 4.42 Å². The van der Waals surface area contributed by atoms with Crippen LogP contribution in [0.3, 0.4) is 0 Å². The van der Waals surface area contributed by atoms with E-state index >= 15 is 0 Å². The average molecular weight is 417 g/mol. The molecule has 2 aliphatic carbocycles. The first kappa shape index (κ1) is 18.2. The lowest BCUT2D eigenvalue weighted by molar-refractivity contribution is -0.660. The summed E-state index contributed by atoms with van der Waals surface area (Å²) in [5, 5.41) is 2.47. The third-order valence-corrected chi connectivity index (χ3v) is 8.00. The molecule has 2 aromatic heterocycles. The number of hydrogen-bond donors (Lipinski definition) is 0. The Bertz CT molecular complexity index is 1550. The van der Waals surface area contributed by atoms with Crippen LogP contribution in [-0.4, -0.2) is 0 Å². The quantitative estimate of drug-likeness (QED) is 0.264. The summed E-state index contributed by atoms with van der Waals surface area (Å²) in [5.74, 6) is 0. The van der Waals surface area contributed by atoms with E-state index in [1.807, 2.05) is 0 Å². The van der Waals surface area contributed by atoms with Crippen molar-refractivity contribution in [1.82, 2.24) is 0 Å². The first-order valence-corrected chi connectivity index (χ1v) is 11.7. The zero-order chi connectivity index (χ0) is 21.4. The Balaban J connectivity index is 1.57. The van der Waals surface area contributed by atoms with Crippen LogP contribution >= 0.6 is 0 Å². The maximum Gasteiger partial charge on any atom is 0.216 e. The van der Waals surface area contributed by atoms with Gasteiger partial charge in [-0.1, -0.05) is 49.2 Å². The van der Waals surface area contributed by atoms with Gasteiger partial charge in [-0.15, -0.1) is 0 Å². The van der Waals surface area contributed by atoms with Crippen LogP contribution in [0.4, 0.5) is 0 Å². The minimum absolute atomic E-state index is 0.184. The van der Waals surface area contributed by atoms with Crippen LogP contribution in [0.1, 0.15) is 42.4 Å². The molecule has 0 unspecified atom stereocenters. The molecule has 0 saturated heterocycles. The van der Waals surface area contributed by atoms with Crippen molar-refractivity contribution in [2.45, 2.75) is 38.0 Å². The predicted octanol–water partition coefficient (Wildman–Crippen LogP) is 7.23. The van der Waals surface area contributed by atoms with E-state index in [4.69, 9.17) is 4.42 Å². The predicted molar refractivity (Wildman–Crippen MR) is 130 cm³/mol. The first-order chi connectivity index (χ1) is 15.7. The monoisotopic (exact) mass is 416 g/mol. The number of rotatable bonds is 1. The number of nitrogens with zero attached hydrogens (tertiary/aromatic N) is 1. The van der Waals surface area contributed by atoms with Gasteiger partial charge in [0.2, 0.25) is 5.69 Å². The van der Waals surface area contributed by atoms with Gasteiger partial charge in [-0.25, -0.2) is 4.57 Å². The highest BCUT2D eigenvalue weighted by atomic mass is 16.3. The molecule has 1 fully saturated rings. The number of hydrogen-bond acceptors (Lipinski definition) is 1. The van der Waals surface area contributed by atoms with E-state index in [1.165, 1.54) is 75.5 Å². The molecule has 0 radical (unpaired) electrons. The second-order valence-electron chi connectivity index (χ2n) is 9.66. The highest BCUT2D eigenvalue weighted by Crippen LogP contribution is 2.58. The molecule has 1 saturated carbocycles. The van der Waals surface area contributed by atoms with Crippen LogP contribution in [0.25, 0.3) is 44.3 Å². The Labute approximate surface area is 188 Å². The van der Waals surface area contributed by atoms with Crippen LogP contribution in [0, 0.1) is 6.92 Å². The van der Waals surface area contributed by atoms with Crippen molar-refractivity contribution in [2.24, 2.45) is 7.05 Å². The zero-order valence-corrected chi connectivity index (χ0v) is 18.6. The fourth-order valence-corrected chi connectivity index (χ4v) is 6.50. The summed E-state index contributed by atoms with van der Waals surface area (Å²) in [4.78, 5) is 0. The van der Waals surface area contributed by atoms with E-state index in [9.17, 15) is 0 Å². The molecule has 3 aromatic carbocycles. The van der Waals surface area contributed by atoms with Gasteiger partial charge >= 0.3 is 0 Å². The van der Waals surface area contributed by atoms with E-state index in [0.717, 1.165) is 11.2 Å². The number of aromatic nitrogens is 1. The molecule has 7 rings (SSSR count). The highest BCUT2D eigenvalue weighted by Gasteiger charge is 2.45. The standard InChI is InChI=1S/C30H26NO/c1-19-12-13-21-23-17-25-22(20-9-3-4-10-24(20)30(25)14-6-7-15-30)18-27(23)32-29(21)28(19)26-11-5-8-16-31(26)2/h3-5,8-13,16-18H,6-7,14-15H2,1-2H3/q+1. The SMILES string of the molecule is Cc1ccc2c(oc3cc4c(cc32)C2(CCCC2)c2ccccc2-4)c1-c1cccc[n+]1C. The van der Waals surface area contributed by atoms with Crippen LogP contribution in [0.2, 0.25) is 0 Å². The number of aryl methyl sites for hydroxylation is 2. The number of fused-ring (bicyclic) bond motifs is 8. The third-order valence-electron chi connectivity index (χ3n) is 8.00. The van der Waals surface area contributed by atoms with Gasteiger partial charge in [0, 0.05) is 28.3 Å². The molecule has 0 bridgehead atoms. The van der Waals surface area contributed by atoms with Crippen molar-refractivity contribution in [3.05, 3.63) is 89.6 Å². The molecule has 0 N–H and O–H groups in total. The van der Waals surface area contributed by atoms with Gasteiger partial charge in [-0.05, 0) is 65.8 Å². The van der Waals surface area contributed by atoms with Gasteiger partial charge in [0.1, 0.15) is 18.2 Å². The van der Waals surface area contributed by atoms with Crippen LogP contribution < -0.4 is 4.57 Å². The van der Waals surface area contributed by atoms with Crippen LogP contribution in [0.5, 0.6) is 0 Å². The lowest BCUT2D eigenvalue weighted by atomic mass is 9.76. The minimum atomic E-state index is 0.184. The normalized spacial score (nSPS) is 16.2. The largest absolute Gasteiger partial charge is 0.455 e. The molecule has 0 aliphatic heterocycles. The first-order valence-electron chi connectivity index (χ1n) is 11.7. The van der Waals surface area contributed by atoms with Crippen molar-refractivity contribution in [1.29, 1.82) is 0 Å². The molecule has 0 amide bonds. The topological polar surface area (TPSA) is 17.0 Å². The Hall–Kier alpha value is -3.39. The van der Waals surface area contributed by atoms with Crippen molar-refractivity contribution in [3.63, 3.8) is 0 Å². The lowest BCUT2D eigenvalue weighted by Gasteiger charge is -2.26. The summed E-state index contributed by atoms with van der Waals surface area (Å²) in [7, 11) is 2.10. The third kappa shape index (κ3) is 2.22. The molecular formula is C30H26NO+. The molecule has 2 nitrogen and oxygen atoms in total. The molecule has 2 heterocycles. The van der Waals surface area contributed by atoms with Gasteiger partial charge in [-0.2, -0.15) is 0 Å². The van der Waals surface area contributed by atoms with Crippen LogP contribution in [-0.2, 0) is 12.5 Å². The van der Waals surface area contributed by atoms with Crippen molar-refractivity contribution < 1.29 is 8.98 Å². The van der Waals surface area contributed by atoms with E-state index in [2.05, 4.69) is 91.5 Å². The summed E-state index contributed by atoms with van der Waals surface area (Å²) < 4.78 is 8.83. The Kier molecular flexibility index (Phi) is 3.60. The average Bonchev–Trinajstić information content (AvgIpc) is 3.50. The second kappa shape index (κ2) is 6.32. The maximum absolute atomic E-state index is 6.65. The Morgan fingerprint density at radius 3 is 2.47 bits per heavy atom. The van der Waals surface area contributed by atoms with Crippen molar-refractivity contribution in [2.75, 3.05) is 0 Å². The van der Waals surface area contributed by atoms with Gasteiger partial charge in [-0.3, -0.25) is 0 Å². The van der Waals surface area contributed by atoms with Gasteiger partial charge in [0.25, 0.3) is 0 Å². The van der Waals surface area contributed by atoms with Crippen molar-refractivity contribution in [3.8, 4) is 22.4 Å². The molecule has 2 aliphatic rings. The molecule has 1 spiro atoms. The summed E-state index contributed by atoms with van der Waals surface area (Å²) in [6.45, 7) is 2.18. The fourth-order valence-electron chi connectivity index (χ4n) is 6.50. The molecule has 32 heavy (non-hydrogen) atoms. The smallest absolute Gasteiger partial charge is 0.216 e. The molecular weight excluding hydrogens is 390 g/mol. The summed E-state index contributed by atoms with van der Waals surface area (Å²) in [6, 6.07) is 24.7. The Morgan fingerprint density at radius 1 is 0.812 bits per heavy atom. The lowest BCUT2D eigenvalue weighted by Crippen LogP contribution is -2.30. The molecule has 0 atom stereocenters. The fraction of sp³-hybridized carbons (Fsp3) is 0.233. The van der Waals surface area contributed by atoms with Crippen LogP contribution in [0.15, 0.2) is 77.3 Å². The van der Waals surface area contributed by atoms with Gasteiger partial charge in [0.05, 0.1) is 5.56 Å². The van der Waals surface area contributed by atoms with E-state index < -0.39 is 0 Å². The highest BCUT2D eigenvalue weighted by molar-refractivity contribution is 6.11. The maximum atomic E-state index is 6.65. The number of pyridine rings is 1. The molecule has 2 heteroatoms. The van der Waals surface area contributed by atoms with E-state index in [-0.39, 0.29) is 5.41 Å². The minimum Gasteiger partial charge on any atom is -0.455 e. The van der Waals surface area contributed by atoms with Crippen molar-refractivity contribution >= 4 is 21.9 Å². The van der Waals surface area contributed by atoms with E-state index in [1.54, 1.807) is 0 Å². The summed E-state index contributed by atoms with van der Waals surface area (Å²) in [5.41, 5.74) is 11.6. The summed E-state index contributed by atoms with van der Waals surface area (Å²) in [6.07, 6.45) is 7.23. The van der Waals surface area contributed by atoms with E-state index in [0.29, 0.717) is 0 Å². The summed E-state index contributed by atoms with van der Waals surface area (Å²) >= 11 is 0.